The lowest BCUT2D eigenvalue weighted by Gasteiger charge is -2.41. The van der Waals surface area contributed by atoms with E-state index in [1.165, 1.54) is 38.8 Å². The van der Waals surface area contributed by atoms with Crippen molar-refractivity contribution >= 4 is 0 Å². The number of hydrogen-bond acceptors (Lipinski definition) is 2. The van der Waals surface area contributed by atoms with E-state index in [2.05, 4.69) is 51.8 Å². The average Bonchev–Trinajstić information content (AvgIpc) is 2.28. The Morgan fingerprint density at radius 3 is 2.22 bits per heavy atom. The van der Waals surface area contributed by atoms with Crippen LogP contribution in [-0.2, 0) is 0 Å². The third-order valence-corrected chi connectivity index (χ3v) is 4.70. The van der Waals surface area contributed by atoms with Crippen LogP contribution in [0.25, 0.3) is 0 Å². The summed E-state index contributed by atoms with van der Waals surface area (Å²) >= 11 is 0. The van der Waals surface area contributed by atoms with Gasteiger partial charge < -0.3 is 10.2 Å². The Bertz CT molecular complexity index is 234. The van der Waals surface area contributed by atoms with E-state index in [0.717, 1.165) is 12.6 Å². The molecule has 0 aromatic carbocycles. The molecular formula is C16H34N2. The molecule has 0 saturated carbocycles. The van der Waals surface area contributed by atoms with Crippen LogP contribution in [0, 0.1) is 5.41 Å². The zero-order valence-electron chi connectivity index (χ0n) is 13.5. The molecule has 2 nitrogen and oxygen atoms in total. The van der Waals surface area contributed by atoms with Gasteiger partial charge in [-0.2, -0.15) is 0 Å². The van der Waals surface area contributed by atoms with E-state index in [1.54, 1.807) is 0 Å². The Morgan fingerprint density at radius 2 is 1.78 bits per heavy atom. The minimum absolute atomic E-state index is 0.252. The maximum absolute atomic E-state index is 3.59. The van der Waals surface area contributed by atoms with Gasteiger partial charge in [-0.1, -0.05) is 20.3 Å². The van der Waals surface area contributed by atoms with Crippen molar-refractivity contribution in [2.75, 3.05) is 19.6 Å². The van der Waals surface area contributed by atoms with Crippen molar-refractivity contribution in [3.8, 4) is 0 Å². The fourth-order valence-corrected chi connectivity index (χ4v) is 2.70. The quantitative estimate of drug-likeness (QED) is 0.805. The first-order valence-corrected chi connectivity index (χ1v) is 7.75. The van der Waals surface area contributed by atoms with Crippen LogP contribution in [-0.4, -0.2) is 36.1 Å². The van der Waals surface area contributed by atoms with Gasteiger partial charge in [-0.05, 0) is 72.0 Å². The molecule has 1 atom stereocenters. The number of rotatable bonds is 5. The van der Waals surface area contributed by atoms with Crippen LogP contribution in [0.5, 0.6) is 0 Å². The molecule has 108 valence electrons. The third kappa shape index (κ3) is 5.27. The highest BCUT2D eigenvalue weighted by Gasteiger charge is 2.29. The summed E-state index contributed by atoms with van der Waals surface area (Å²) in [5.74, 6) is 0. The van der Waals surface area contributed by atoms with E-state index in [4.69, 9.17) is 0 Å². The molecule has 1 unspecified atom stereocenters. The maximum atomic E-state index is 3.59. The van der Waals surface area contributed by atoms with E-state index in [1.807, 2.05) is 0 Å². The Labute approximate surface area is 115 Å². The van der Waals surface area contributed by atoms with Gasteiger partial charge in [0, 0.05) is 11.6 Å². The lowest BCUT2D eigenvalue weighted by Crippen LogP contribution is -2.45. The van der Waals surface area contributed by atoms with Gasteiger partial charge in [-0.15, -0.1) is 0 Å². The summed E-state index contributed by atoms with van der Waals surface area (Å²) in [6, 6.07) is 0.723. The van der Waals surface area contributed by atoms with E-state index in [0.29, 0.717) is 5.41 Å². The molecule has 0 bridgehead atoms. The van der Waals surface area contributed by atoms with Crippen LogP contribution in [0.3, 0.4) is 0 Å². The SMILES string of the molecule is CCC1(C)CCN(C(C)CCNC(C)(C)C)CC1. The fourth-order valence-electron chi connectivity index (χ4n) is 2.70. The van der Waals surface area contributed by atoms with Gasteiger partial charge in [0.25, 0.3) is 0 Å². The topological polar surface area (TPSA) is 15.3 Å². The van der Waals surface area contributed by atoms with Gasteiger partial charge in [-0.25, -0.2) is 0 Å². The minimum Gasteiger partial charge on any atom is -0.312 e. The van der Waals surface area contributed by atoms with E-state index in [9.17, 15) is 0 Å². The van der Waals surface area contributed by atoms with Crippen molar-refractivity contribution in [1.82, 2.24) is 10.2 Å². The number of hydrogen-bond donors (Lipinski definition) is 1. The first-order chi connectivity index (χ1) is 8.26. The second-order valence-electron chi connectivity index (χ2n) is 7.51. The molecule has 0 aliphatic carbocycles. The molecule has 1 aliphatic rings. The molecule has 0 radical (unpaired) electrons. The van der Waals surface area contributed by atoms with Gasteiger partial charge in [0.2, 0.25) is 0 Å². The van der Waals surface area contributed by atoms with Crippen molar-refractivity contribution in [3.63, 3.8) is 0 Å². The number of nitrogens with zero attached hydrogens (tertiary/aromatic N) is 1. The van der Waals surface area contributed by atoms with Crippen LogP contribution < -0.4 is 5.32 Å². The molecule has 0 amide bonds. The van der Waals surface area contributed by atoms with Gasteiger partial charge in [0.05, 0.1) is 0 Å². The van der Waals surface area contributed by atoms with Gasteiger partial charge in [-0.3, -0.25) is 0 Å². The van der Waals surface area contributed by atoms with Crippen molar-refractivity contribution in [1.29, 1.82) is 0 Å². The highest BCUT2D eigenvalue weighted by Crippen LogP contribution is 2.34. The van der Waals surface area contributed by atoms with Crippen molar-refractivity contribution in [3.05, 3.63) is 0 Å². The zero-order chi connectivity index (χ0) is 13.8. The van der Waals surface area contributed by atoms with Crippen LogP contribution in [0.1, 0.15) is 67.2 Å². The van der Waals surface area contributed by atoms with Gasteiger partial charge in [0.1, 0.15) is 0 Å². The molecular weight excluding hydrogens is 220 g/mol. The van der Waals surface area contributed by atoms with Crippen molar-refractivity contribution in [2.45, 2.75) is 78.8 Å². The Morgan fingerprint density at radius 1 is 1.22 bits per heavy atom. The summed E-state index contributed by atoms with van der Waals surface area (Å²) < 4.78 is 0. The van der Waals surface area contributed by atoms with Crippen molar-refractivity contribution in [2.24, 2.45) is 5.41 Å². The molecule has 1 N–H and O–H groups in total. The molecule has 1 rings (SSSR count). The van der Waals surface area contributed by atoms with E-state index in [-0.39, 0.29) is 5.54 Å². The standard InChI is InChI=1S/C16H34N2/c1-7-16(6)9-12-18(13-10-16)14(2)8-11-17-15(3,4)5/h14,17H,7-13H2,1-6H3. The Kier molecular flexibility index (Phi) is 5.67. The van der Waals surface area contributed by atoms with Crippen LogP contribution in [0.4, 0.5) is 0 Å². The molecule has 2 heteroatoms. The summed E-state index contributed by atoms with van der Waals surface area (Å²) in [5, 5.41) is 3.59. The summed E-state index contributed by atoms with van der Waals surface area (Å²) in [4.78, 5) is 2.68. The molecule has 0 aromatic heterocycles. The van der Waals surface area contributed by atoms with E-state index >= 15 is 0 Å². The number of likely N-dealkylation sites (tertiary alicyclic amines) is 1. The Hall–Kier alpha value is -0.0800. The normalized spacial score (nSPS) is 23.0. The van der Waals surface area contributed by atoms with E-state index < -0.39 is 0 Å². The molecule has 18 heavy (non-hydrogen) atoms. The first kappa shape index (κ1) is 16.0. The number of piperidine rings is 1. The van der Waals surface area contributed by atoms with Crippen LogP contribution in [0.15, 0.2) is 0 Å². The minimum atomic E-state index is 0.252. The molecule has 1 saturated heterocycles. The van der Waals surface area contributed by atoms with Crippen molar-refractivity contribution < 1.29 is 0 Å². The smallest absolute Gasteiger partial charge is 0.00965 e. The zero-order valence-corrected chi connectivity index (χ0v) is 13.5. The number of nitrogens with one attached hydrogen (secondary N) is 1. The second-order valence-corrected chi connectivity index (χ2v) is 7.51. The summed E-state index contributed by atoms with van der Waals surface area (Å²) in [7, 11) is 0. The van der Waals surface area contributed by atoms with Gasteiger partial charge in [0.15, 0.2) is 0 Å². The van der Waals surface area contributed by atoms with Crippen LogP contribution >= 0.6 is 0 Å². The van der Waals surface area contributed by atoms with Gasteiger partial charge >= 0.3 is 0 Å². The highest BCUT2D eigenvalue weighted by atomic mass is 15.2. The lowest BCUT2D eigenvalue weighted by molar-refractivity contribution is 0.0828. The molecule has 0 spiro atoms. The molecule has 1 heterocycles. The summed E-state index contributed by atoms with van der Waals surface area (Å²) in [5.41, 5.74) is 0.863. The summed E-state index contributed by atoms with van der Waals surface area (Å²) in [6.45, 7) is 17.6. The largest absolute Gasteiger partial charge is 0.312 e. The second kappa shape index (κ2) is 6.38. The van der Waals surface area contributed by atoms with Crippen LogP contribution in [0.2, 0.25) is 0 Å². The summed E-state index contributed by atoms with van der Waals surface area (Å²) in [6.07, 6.45) is 5.35. The monoisotopic (exact) mass is 254 g/mol. The predicted molar refractivity (Wildman–Crippen MR) is 81.0 cm³/mol. The molecule has 1 fully saturated rings. The average molecular weight is 254 g/mol. The third-order valence-electron chi connectivity index (χ3n) is 4.70. The Balaban J connectivity index is 2.26. The maximum Gasteiger partial charge on any atom is 0.00965 e. The predicted octanol–water partition coefficient (Wildman–Crippen LogP) is 3.67. The molecule has 0 aromatic rings. The lowest BCUT2D eigenvalue weighted by atomic mass is 9.78. The highest BCUT2D eigenvalue weighted by molar-refractivity contribution is 4.84. The molecule has 1 aliphatic heterocycles. The fraction of sp³-hybridized carbons (Fsp3) is 1.00. The first-order valence-electron chi connectivity index (χ1n) is 7.75.